The summed E-state index contributed by atoms with van der Waals surface area (Å²) in [5, 5.41) is 3.05. The lowest BCUT2D eigenvalue weighted by Crippen LogP contribution is -2.56. The fourth-order valence-corrected chi connectivity index (χ4v) is 3.30. The van der Waals surface area contributed by atoms with Crippen LogP contribution in [0.5, 0.6) is 5.88 Å². The average Bonchev–Trinajstić information content (AvgIpc) is 2.59. The second-order valence-corrected chi connectivity index (χ2v) is 8.96. The Labute approximate surface area is 169 Å². The van der Waals surface area contributed by atoms with Crippen molar-refractivity contribution in [3.63, 3.8) is 0 Å². The maximum Gasteiger partial charge on any atom is 0.220 e. The number of carbonyl (C=O) groups excluding carboxylic acids is 1. The number of aryl methyl sites for hydroxylation is 1. The Balaban J connectivity index is 1.91. The van der Waals surface area contributed by atoms with Gasteiger partial charge >= 0.3 is 0 Å². The zero-order valence-electron chi connectivity index (χ0n) is 18.3. The predicted molar refractivity (Wildman–Crippen MR) is 111 cm³/mol. The molecule has 2 heterocycles. The molecule has 0 aromatic carbocycles. The van der Waals surface area contributed by atoms with Crippen molar-refractivity contribution in [3.05, 3.63) is 11.9 Å². The van der Waals surface area contributed by atoms with E-state index in [9.17, 15) is 4.79 Å². The smallest absolute Gasteiger partial charge is 0.220 e. The number of nitrogens with zero attached hydrogens (tertiary/aromatic N) is 3. The number of morpholine rings is 1. The van der Waals surface area contributed by atoms with Crippen LogP contribution in [0.25, 0.3) is 0 Å². The van der Waals surface area contributed by atoms with Crippen molar-refractivity contribution in [3.8, 4) is 5.88 Å². The number of aromatic nitrogens is 2. The first kappa shape index (κ1) is 22.4. The van der Waals surface area contributed by atoms with Gasteiger partial charge in [0.15, 0.2) is 0 Å². The van der Waals surface area contributed by atoms with Gasteiger partial charge in [-0.2, -0.15) is 4.98 Å². The molecule has 1 aromatic rings. The molecule has 7 heteroatoms. The number of hydrogen-bond acceptors (Lipinski definition) is 6. The first-order valence-corrected chi connectivity index (χ1v) is 10.2. The zero-order valence-corrected chi connectivity index (χ0v) is 18.3. The molecule has 0 saturated carbocycles. The zero-order chi connectivity index (χ0) is 20.8. The number of nitrogens with one attached hydrogen (secondary N) is 1. The summed E-state index contributed by atoms with van der Waals surface area (Å²) in [4.78, 5) is 23.2. The largest absolute Gasteiger partial charge is 0.478 e. The fraction of sp³-hybridized carbons (Fsp3) is 0.762. The Bertz CT molecular complexity index is 660. The van der Waals surface area contributed by atoms with Crippen LogP contribution in [0.3, 0.4) is 0 Å². The standard InChI is InChI=1S/C21H36N4O3/c1-7-27-19-13-17(23-16(2)24-19)25-11-12-28-21(6,15-25)14-22-18(26)9-8-10-20(3,4)5/h13H,7-12,14-15H2,1-6H3,(H,22,26). The van der Waals surface area contributed by atoms with Gasteiger partial charge in [-0.1, -0.05) is 20.8 Å². The number of amides is 1. The lowest BCUT2D eigenvalue weighted by Gasteiger charge is -2.41. The van der Waals surface area contributed by atoms with Crippen LogP contribution in [-0.4, -0.2) is 54.3 Å². The number of hydrogen-bond donors (Lipinski definition) is 1. The van der Waals surface area contributed by atoms with Gasteiger partial charge in [0.1, 0.15) is 17.2 Å². The summed E-state index contributed by atoms with van der Waals surface area (Å²) in [5.74, 6) is 2.19. The fourth-order valence-electron chi connectivity index (χ4n) is 3.30. The Kier molecular flexibility index (Phi) is 7.63. The Hall–Kier alpha value is -1.89. The van der Waals surface area contributed by atoms with Crippen molar-refractivity contribution in [2.45, 2.75) is 66.4 Å². The van der Waals surface area contributed by atoms with Gasteiger partial charge in [0.2, 0.25) is 11.8 Å². The molecule has 1 amide bonds. The maximum atomic E-state index is 12.2. The van der Waals surface area contributed by atoms with Crippen LogP contribution in [0.1, 0.15) is 59.7 Å². The first-order valence-electron chi connectivity index (χ1n) is 10.2. The Morgan fingerprint density at radius 1 is 1.39 bits per heavy atom. The van der Waals surface area contributed by atoms with E-state index in [-0.39, 0.29) is 11.3 Å². The molecule has 2 rings (SSSR count). The summed E-state index contributed by atoms with van der Waals surface area (Å²) in [6.45, 7) is 15.5. The minimum absolute atomic E-state index is 0.0858. The van der Waals surface area contributed by atoms with Gasteiger partial charge in [0.05, 0.1) is 13.2 Å². The maximum absolute atomic E-state index is 12.2. The molecular formula is C21H36N4O3. The molecule has 1 aliphatic rings. The molecule has 0 aliphatic carbocycles. The highest BCUT2D eigenvalue weighted by Gasteiger charge is 2.33. The van der Waals surface area contributed by atoms with Gasteiger partial charge < -0.3 is 19.7 Å². The molecule has 158 valence electrons. The molecule has 0 radical (unpaired) electrons. The molecule has 1 fully saturated rings. The van der Waals surface area contributed by atoms with Gasteiger partial charge in [0.25, 0.3) is 0 Å². The van der Waals surface area contributed by atoms with E-state index in [0.29, 0.717) is 44.4 Å². The molecule has 1 saturated heterocycles. The van der Waals surface area contributed by atoms with Crippen LogP contribution < -0.4 is 15.0 Å². The molecule has 7 nitrogen and oxygen atoms in total. The summed E-state index contributed by atoms with van der Waals surface area (Å²) in [5.41, 5.74) is -0.197. The number of carbonyl (C=O) groups is 1. The predicted octanol–water partition coefficient (Wildman–Crippen LogP) is 3.11. The van der Waals surface area contributed by atoms with Crippen molar-refractivity contribution in [1.82, 2.24) is 15.3 Å². The van der Waals surface area contributed by atoms with Crippen LogP contribution in [0.15, 0.2) is 6.07 Å². The number of anilines is 1. The van der Waals surface area contributed by atoms with Crippen molar-refractivity contribution in [2.24, 2.45) is 5.41 Å². The van der Waals surface area contributed by atoms with Gasteiger partial charge in [-0.05, 0) is 39.0 Å². The SMILES string of the molecule is CCOc1cc(N2CCOC(C)(CNC(=O)CCCC(C)(C)C)C2)nc(C)n1. The van der Waals surface area contributed by atoms with Crippen molar-refractivity contribution < 1.29 is 14.3 Å². The molecule has 1 unspecified atom stereocenters. The third-order valence-corrected chi connectivity index (χ3v) is 4.74. The van der Waals surface area contributed by atoms with E-state index in [1.807, 2.05) is 26.8 Å². The van der Waals surface area contributed by atoms with Crippen molar-refractivity contribution in [1.29, 1.82) is 0 Å². The van der Waals surface area contributed by atoms with Crippen molar-refractivity contribution in [2.75, 3.05) is 37.7 Å². The van der Waals surface area contributed by atoms with E-state index < -0.39 is 5.60 Å². The van der Waals surface area contributed by atoms with Gasteiger partial charge in [-0.15, -0.1) is 0 Å². The normalized spacial score (nSPS) is 20.1. The summed E-state index contributed by atoms with van der Waals surface area (Å²) >= 11 is 0. The Morgan fingerprint density at radius 2 is 2.14 bits per heavy atom. The highest BCUT2D eigenvalue weighted by molar-refractivity contribution is 5.75. The average molecular weight is 393 g/mol. The highest BCUT2D eigenvalue weighted by atomic mass is 16.5. The van der Waals surface area contributed by atoms with E-state index >= 15 is 0 Å². The summed E-state index contributed by atoms with van der Waals surface area (Å²) in [6, 6.07) is 1.87. The van der Waals surface area contributed by atoms with Crippen LogP contribution in [0.4, 0.5) is 5.82 Å². The van der Waals surface area contributed by atoms with Crippen LogP contribution in [0.2, 0.25) is 0 Å². The van der Waals surface area contributed by atoms with Crippen molar-refractivity contribution >= 4 is 11.7 Å². The van der Waals surface area contributed by atoms with Crippen LogP contribution >= 0.6 is 0 Å². The minimum Gasteiger partial charge on any atom is -0.478 e. The van der Waals surface area contributed by atoms with E-state index in [4.69, 9.17) is 9.47 Å². The van der Waals surface area contributed by atoms with Crippen LogP contribution in [0, 0.1) is 12.3 Å². The van der Waals surface area contributed by atoms with Gasteiger partial charge in [-0.25, -0.2) is 4.98 Å². The van der Waals surface area contributed by atoms with E-state index in [0.717, 1.165) is 25.2 Å². The van der Waals surface area contributed by atoms with E-state index in [2.05, 4.69) is 41.0 Å². The highest BCUT2D eigenvalue weighted by Crippen LogP contribution is 2.25. The summed E-state index contributed by atoms with van der Waals surface area (Å²) in [6.07, 6.45) is 2.50. The summed E-state index contributed by atoms with van der Waals surface area (Å²) < 4.78 is 11.5. The molecule has 0 bridgehead atoms. The quantitative estimate of drug-likeness (QED) is 0.732. The molecule has 1 N–H and O–H groups in total. The van der Waals surface area contributed by atoms with E-state index in [1.165, 1.54) is 0 Å². The first-order chi connectivity index (χ1) is 13.1. The second kappa shape index (κ2) is 9.54. The third-order valence-electron chi connectivity index (χ3n) is 4.74. The number of rotatable bonds is 8. The van der Waals surface area contributed by atoms with E-state index in [1.54, 1.807) is 0 Å². The minimum atomic E-state index is -0.456. The lowest BCUT2D eigenvalue weighted by atomic mass is 9.90. The second-order valence-electron chi connectivity index (χ2n) is 8.96. The molecule has 1 aromatic heterocycles. The Morgan fingerprint density at radius 3 is 2.82 bits per heavy atom. The molecule has 1 aliphatic heterocycles. The van der Waals surface area contributed by atoms with Crippen LogP contribution in [-0.2, 0) is 9.53 Å². The van der Waals surface area contributed by atoms with Gasteiger partial charge in [0, 0.05) is 32.1 Å². The molecule has 1 atom stereocenters. The monoisotopic (exact) mass is 392 g/mol. The lowest BCUT2D eigenvalue weighted by molar-refractivity contribution is -0.123. The third kappa shape index (κ3) is 7.26. The summed E-state index contributed by atoms with van der Waals surface area (Å²) in [7, 11) is 0. The van der Waals surface area contributed by atoms with Gasteiger partial charge in [-0.3, -0.25) is 4.79 Å². The topological polar surface area (TPSA) is 76.6 Å². The number of ether oxygens (including phenoxy) is 2. The molecule has 28 heavy (non-hydrogen) atoms. The molecule has 0 spiro atoms. The molecular weight excluding hydrogens is 356 g/mol.